The van der Waals surface area contributed by atoms with Crippen LogP contribution in [0.4, 0.5) is 0 Å². The van der Waals surface area contributed by atoms with E-state index in [2.05, 4.69) is 70.7 Å². The summed E-state index contributed by atoms with van der Waals surface area (Å²) in [5.41, 5.74) is 0. The van der Waals surface area contributed by atoms with Crippen LogP contribution >= 0.6 is 70.7 Å². The van der Waals surface area contributed by atoms with Crippen molar-refractivity contribution in [2.75, 3.05) is 0 Å². The Kier molecular flexibility index (Phi) is 36.2. The van der Waals surface area contributed by atoms with Crippen molar-refractivity contribution in [2.24, 2.45) is 0 Å². The van der Waals surface area contributed by atoms with Crippen molar-refractivity contribution in [3.8, 4) is 0 Å². The fourth-order valence-electron chi connectivity index (χ4n) is 0. The molecule has 0 radical (unpaired) electrons. The second kappa shape index (κ2) is 12.4. The van der Waals surface area contributed by atoms with Gasteiger partial charge >= 0.3 is 126 Å². The molecule has 0 saturated carbocycles. The van der Waals surface area contributed by atoms with Crippen LogP contribution in [0.5, 0.6) is 0 Å². The van der Waals surface area contributed by atoms with Gasteiger partial charge in [-0.15, -0.1) is 0 Å². The summed E-state index contributed by atoms with van der Waals surface area (Å²) in [5, 5.41) is 0. The third kappa shape index (κ3) is 42.2. The van der Waals surface area contributed by atoms with Crippen molar-refractivity contribution in [1.82, 2.24) is 0 Å². The molecule has 8 heavy (non-hydrogen) atoms. The Balaban J connectivity index is -0.0000000267. The molecule has 0 rings (SSSR count). The maximum atomic E-state index is 2.57. The first-order valence-corrected chi connectivity index (χ1v) is 62.9. The summed E-state index contributed by atoms with van der Waals surface area (Å²) in [5.74, 6) is 0. The van der Waals surface area contributed by atoms with Crippen LogP contribution in [0.25, 0.3) is 0 Å². The van der Waals surface area contributed by atoms with Crippen LogP contribution in [-0.2, 0) is 55.4 Å². The second-order valence-corrected chi connectivity index (χ2v) is 239. The molecule has 0 aliphatic carbocycles. The minimum atomic E-state index is -1.51. The minimum absolute atomic E-state index is 0. The first kappa shape index (κ1) is 23.3. The first-order chi connectivity index (χ1) is 2.00. The van der Waals surface area contributed by atoms with Gasteiger partial charge in [-0.05, 0) is 0 Å². The van der Waals surface area contributed by atoms with Crippen LogP contribution in [0.1, 0.15) is 0 Å². The van der Waals surface area contributed by atoms with E-state index in [-0.39, 0.29) is 51.2 Å². The molecule has 0 heterocycles. The molecule has 0 spiro atoms. The molecule has 0 atom stereocenters. The van der Waals surface area contributed by atoms with Crippen LogP contribution in [0.3, 0.4) is 0 Å². The average molecular weight is 899 g/mol. The van der Waals surface area contributed by atoms with Gasteiger partial charge in [0, 0.05) is 0 Å². The normalized spacial score (nSPS) is 7.50. The molecule has 0 saturated heterocycles. The van der Waals surface area contributed by atoms with Gasteiger partial charge in [0.05, 0.1) is 0 Å². The summed E-state index contributed by atoms with van der Waals surface area (Å²) in [6.07, 6.45) is 0. The Bertz CT molecular complexity index is 26.8. The molecule has 8 heteroatoms. The number of hydrogen-bond donors (Lipinski definition) is 0. The molecule has 0 aliphatic heterocycles. The molecule has 63 valence electrons. The van der Waals surface area contributed by atoms with Gasteiger partial charge in [-0.3, -0.25) is 0 Å². The van der Waals surface area contributed by atoms with Gasteiger partial charge in [-0.2, -0.15) is 0 Å². The Morgan fingerprint density at radius 3 is 0.625 bits per heavy atom. The van der Waals surface area contributed by atoms with E-state index in [4.69, 9.17) is 0 Å². The molecule has 0 nitrogen and oxygen atoms in total. The standard InChI is InChI=1S/3Cu.Hg.4HI/h;;;;4*1H/q4*+1;;;;/p-4. The quantitative estimate of drug-likeness (QED) is 0.258. The summed E-state index contributed by atoms with van der Waals surface area (Å²) in [4.78, 5) is 0. The maximum absolute atomic E-state index is 2.57. The Morgan fingerprint density at radius 2 is 0.625 bits per heavy atom. The van der Waals surface area contributed by atoms with Crippen molar-refractivity contribution in [3.63, 3.8) is 0 Å². The molecule has 0 aromatic carbocycles. The van der Waals surface area contributed by atoms with Crippen LogP contribution < -0.4 is 0 Å². The molecular formula is Cu3HgI4. The van der Waals surface area contributed by atoms with E-state index >= 15 is 0 Å². The fraction of sp³-hybridized carbons (Fsp3) is 0. The van der Waals surface area contributed by atoms with Gasteiger partial charge in [-0.25, -0.2) is 0 Å². The van der Waals surface area contributed by atoms with E-state index < -0.39 is 4.17 Å². The molecule has 0 N–H and O–H groups in total. The van der Waals surface area contributed by atoms with E-state index in [0.717, 1.165) is 0 Å². The van der Waals surface area contributed by atoms with Crippen molar-refractivity contribution >= 4 is 70.7 Å². The van der Waals surface area contributed by atoms with Gasteiger partial charge in [0.2, 0.25) is 0 Å². The summed E-state index contributed by atoms with van der Waals surface area (Å²) < 4.78 is -1.51. The summed E-state index contributed by atoms with van der Waals surface area (Å²) in [6, 6.07) is 0. The molecular weight excluding hydrogens is 899 g/mol. The summed E-state index contributed by atoms with van der Waals surface area (Å²) >= 11 is 10.3. The van der Waals surface area contributed by atoms with E-state index in [0.29, 0.717) is 0 Å². The molecule has 0 unspecified atom stereocenters. The van der Waals surface area contributed by atoms with Crippen LogP contribution in [0.2, 0.25) is 0 Å². The predicted molar refractivity (Wildman–Crippen MR) is 56.1 cm³/mol. The average Bonchev–Trinajstić information content (AvgIpc) is 0.722. The fourth-order valence-corrected chi connectivity index (χ4v) is 0. The number of halogens is 4. The van der Waals surface area contributed by atoms with Crippen LogP contribution in [-0.4, -0.2) is 0 Å². The molecule has 0 aromatic rings. The molecule has 0 amide bonds. The van der Waals surface area contributed by atoms with Crippen molar-refractivity contribution in [1.29, 1.82) is 0 Å². The zero-order valence-corrected chi connectivity index (χ0v) is 20.1. The van der Waals surface area contributed by atoms with Gasteiger partial charge in [0.1, 0.15) is 0 Å². The molecule has 0 aliphatic rings. The monoisotopic (exact) mass is 898 g/mol. The Labute approximate surface area is 122 Å². The van der Waals surface area contributed by atoms with Crippen molar-refractivity contribution < 1.29 is 55.4 Å². The SMILES string of the molecule is [Cu+].[Cu+].[Cu+].[I][Hg-3]([I])([I])[I]. The molecule has 0 bridgehead atoms. The zero-order valence-electron chi connectivity index (χ0n) is 3.12. The van der Waals surface area contributed by atoms with Crippen LogP contribution in [0.15, 0.2) is 0 Å². The van der Waals surface area contributed by atoms with Gasteiger partial charge in [0.15, 0.2) is 0 Å². The van der Waals surface area contributed by atoms with E-state index in [1.807, 2.05) is 0 Å². The Hall–Kier alpha value is 5.41. The molecule has 0 aromatic heterocycles. The van der Waals surface area contributed by atoms with Gasteiger partial charge < -0.3 is 0 Å². The number of hydrogen-bond acceptors (Lipinski definition) is 0. The van der Waals surface area contributed by atoms with Crippen molar-refractivity contribution in [3.05, 3.63) is 0 Å². The first-order valence-electron chi connectivity index (χ1n) is 1.07. The topological polar surface area (TPSA) is 0 Å². The summed E-state index contributed by atoms with van der Waals surface area (Å²) in [7, 11) is 0. The predicted octanol–water partition coefficient (Wildman–Crippen LogP) is 3.53. The second-order valence-electron chi connectivity index (χ2n) is 0.606. The number of rotatable bonds is 0. The zero-order chi connectivity index (χ0) is 4.50. The van der Waals surface area contributed by atoms with E-state index in [1.165, 1.54) is 0 Å². The molecule has 0 fully saturated rings. The summed E-state index contributed by atoms with van der Waals surface area (Å²) in [6.45, 7) is 0. The Morgan fingerprint density at radius 1 is 0.625 bits per heavy atom. The van der Waals surface area contributed by atoms with Gasteiger partial charge in [-0.1, -0.05) is 0 Å². The van der Waals surface area contributed by atoms with E-state index in [1.54, 1.807) is 0 Å². The third-order valence-corrected chi connectivity index (χ3v) is 0. The van der Waals surface area contributed by atoms with Crippen molar-refractivity contribution in [2.45, 2.75) is 0 Å². The third-order valence-electron chi connectivity index (χ3n) is 0. The van der Waals surface area contributed by atoms with E-state index in [9.17, 15) is 0 Å². The van der Waals surface area contributed by atoms with Gasteiger partial charge in [0.25, 0.3) is 0 Å². The van der Waals surface area contributed by atoms with Crippen LogP contribution in [0, 0.1) is 0 Å².